The number of hydrogen-bond acceptors (Lipinski definition) is 4. The van der Waals surface area contributed by atoms with E-state index >= 15 is 0 Å². The Labute approximate surface area is 158 Å². The van der Waals surface area contributed by atoms with Gasteiger partial charge in [-0.1, -0.05) is 6.92 Å². The van der Waals surface area contributed by atoms with Gasteiger partial charge in [-0.3, -0.25) is 4.79 Å². The SMILES string of the molecule is C[C@@H]1CN(C(=O)[C@@](C)(O)C(F)(F)F)CC[C@@H]1c1ccnn1-c1ccc(F)cn1. The zero-order valence-electron chi connectivity index (χ0n) is 15.3. The van der Waals surface area contributed by atoms with Crippen LogP contribution in [0.4, 0.5) is 17.6 Å². The van der Waals surface area contributed by atoms with E-state index in [2.05, 4.69) is 10.1 Å². The van der Waals surface area contributed by atoms with Crippen LogP contribution in [0.3, 0.4) is 0 Å². The Hall–Kier alpha value is -2.49. The van der Waals surface area contributed by atoms with Crippen LogP contribution in [-0.4, -0.2) is 55.5 Å². The van der Waals surface area contributed by atoms with Crippen molar-refractivity contribution < 1.29 is 27.5 Å². The molecule has 1 aliphatic rings. The highest BCUT2D eigenvalue weighted by molar-refractivity contribution is 5.85. The summed E-state index contributed by atoms with van der Waals surface area (Å²) < 4.78 is 53.6. The summed E-state index contributed by atoms with van der Waals surface area (Å²) in [6.07, 6.45) is -2.01. The first-order chi connectivity index (χ1) is 13.0. The third kappa shape index (κ3) is 3.60. The Morgan fingerprint density at radius 2 is 2.00 bits per heavy atom. The maximum atomic E-state index is 13.1. The van der Waals surface area contributed by atoms with Crippen LogP contribution in [-0.2, 0) is 4.79 Å². The Morgan fingerprint density at radius 1 is 1.29 bits per heavy atom. The average Bonchev–Trinajstić information content (AvgIpc) is 3.10. The van der Waals surface area contributed by atoms with Crippen LogP contribution in [0.15, 0.2) is 30.6 Å². The number of nitrogens with zero attached hydrogens (tertiary/aromatic N) is 4. The molecule has 1 fully saturated rings. The fourth-order valence-electron chi connectivity index (χ4n) is 3.48. The lowest BCUT2D eigenvalue weighted by atomic mass is 9.83. The molecule has 2 aromatic heterocycles. The van der Waals surface area contributed by atoms with Gasteiger partial charge < -0.3 is 10.0 Å². The van der Waals surface area contributed by atoms with Crippen molar-refractivity contribution in [1.82, 2.24) is 19.7 Å². The standard InChI is InChI=1S/C18H20F4N4O2/c1-11-10-25(16(27)17(2,28)18(20,21)22)8-6-13(11)14-5-7-24-26(14)15-4-3-12(19)9-23-15/h3-5,7,9,11,13,28H,6,8,10H2,1-2H3/t11-,13+,17-/m1/s1. The third-order valence-corrected chi connectivity index (χ3v) is 5.14. The van der Waals surface area contributed by atoms with Crippen LogP contribution < -0.4 is 0 Å². The molecule has 2 aromatic rings. The number of aliphatic hydroxyl groups is 1. The van der Waals surface area contributed by atoms with E-state index < -0.39 is 23.5 Å². The van der Waals surface area contributed by atoms with E-state index in [0.29, 0.717) is 19.2 Å². The normalized spacial score (nSPS) is 22.8. The van der Waals surface area contributed by atoms with Crippen LogP contribution in [0.2, 0.25) is 0 Å². The van der Waals surface area contributed by atoms with Gasteiger partial charge in [-0.2, -0.15) is 18.3 Å². The van der Waals surface area contributed by atoms with Crippen LogP contribution in [0.1, 0.15) is 31.9 Å². The van der Waals surface area contributed by atoms with Crippen molar-refractivity contribution in [2.24, 2.45) is 5.92 Å². The molecule has 0 unspecified atom stereocenters. The number of carbonyl (C=O) groups is 1. The van der Waals surface area contributed by atoms with Crippen LogP contribution in [0.25, 0.3) is 5.82 Å². The number of halogens is 4. The lowest BCUT2D eigenvalue weighted by molar-refractivity contribution is -0.250. The molecule has 0 bridgehead atoms. The number of amides is 1. The number of likely N-dealkylation sites (tertiary alicyclic amines) is 1. The van der Waals surface area contributed by atoms with Crippen molar-refractivity contribution in [3.8, 4) is 5.82 Å². The molecule has 1 amide bonds. The van der Waals surface area contributed by atoms with Gasteiger partial charge in [-0.05, 0) is 37.5 Å². The smallest absolute Gasteiger partial charge is 0.373 e. The summed E-state index contributed by atoms with van der Waals surface area (Å²) in [4.78, 5) is 17.3. The van der Waals surface area contributed by atoms with Crippen LogP contribution in [0, 0.1) is 11.7 Å². The lowest BCUT2D eigenvalue weighted by Crippen LogP contribution is -2.58. The highest BCUT2D eigenvalue weighted by Crippen LogP contribution is 2.37. The van der Waals surface area contributed by atoms with Crippen molar-refractivity contribution in [1.29, 1.82) is 0 Å². The molecule has 1 saturated heterocycles. The molecule has 10 heteroatoms. The Bertz CT molecular complexity index is 848. The van der Waals surface area contributed by atoms with Gasteiger partial charge in [0.15, 0.2) is 5.82 Å². The molecule has 0 radical (unpaired) electrons. The number of pyridine rings is 1. The summed E-state index contributed by atoms with van der Waals surface area (Å²) in [5.41, 5.74) is -2.64. The fraction of sp³-hybridized carbons (Fsp3) is 0.500. The second-order valence-corrected chi connectivity index (χ2v) is 7.20. The third-order valence-electron chi connectivity index (χ3n) is 5.14. The first kappa shape index (κ1) is 20.2. The molecule has 3 heterocycles. The highest BCUT2D eigenvalue weighted by atomic mass is 19.4. The van der Waals surface area contributed by atoms with Gasteiger partial charge in [0.2, 0.25) is 5.60 Å². The molecular formula is C18H20F4N4O2. The Morgan fingerprint density at radius 3 is 2.57 bits per heavy atom. The molecule has 0 aliphatic carbocycles. The van der Waals surface area contributed by atoms with Crippen molar-refractivity contribution in [2.45, 2.75) is 38.0 Å². The Kier molecular flexibility index (Phi) is 5.18. The van der Waals surface area contributed by atoms with Crippen molar-refractivity contribution in [3.05, 3.63) is 42.1 Å². The van der Waals surface area contributed by atoms with E-state index in [1.165, 1.54) is 12.1 Å². The van der Waals surface area contributed by atoms with Crippen molar-refractivity contribution >= 4 is 5.91 Å². The maximum Gasteiger partial charge on any atom is 0.426 e. The van der Waals surface area contributed by atoms with Gasteiger partial charge in [0.05, 0.1) is 6.20 Å². The number of rotatable bonds is 3. The quantitative estimate of drug-likeness (QED) is 0.805. The average molecular weight is 400 g/mol. The first-order valence-electron chi connectivity index (χ1n) is 8.76. The minimum atomic E-state index is -5.04. The van der Waals surface area contributed by atoms with Gasteiger partial charge in [-0.15, -0.1) is 0 Å². The summed E-state index contributed by atoms with van der Waals surface area (Å²) in [5, 5.41) is 13.9. The number of piperidine rings is 1. The molecule has 1 N–H and O–H groups in total. The zero-order chi connectivity index (χ0) is 20.7. The first-order valence-corrected chi connectivity index (χ1v) is 8.76. The highest BCUT2D eigenvalue weighted by Gasteiger charge is 2.57. The van der Waals surface area contributed by atoms with Gasteiger partial charge in [0, 0.05) is 30.9 Å². The maximum absolute atomic E-state index is 13.1. The van der Waals surface area contributed by atoms with Crippen LogP contribution in [0.5, 0.6) is 0 Å². The molecule has 3 atom stereocenters. The summed E-state index contributed by atoms with van der Waals surface area (Å²) >= 11 is 0. The molecule has 3 rings (SSSR count). The van der Waals surface area contributed by atoms with E-state index in [-0.39, 0.29) is 24.9 Å². The summed E-state index contributed by atoms with van der Waals surface area (Å²) in [5.74, 6) is -1.67. The minimum absolute atomic E-state index is 0.0672. The van der Waals surface area contributed by atoms with E-state index in [0.717, 1.165) is 16.8 Å². The minimum Gasteiger partial charge on any atom is -0.373 e. The second-order valence-electron chi connectivity index (χ2n) is 7.20. The van der Waals surface area contributed by atoms with E-state index in [1.54, 1.807) is 16.9 Å². The number of carbonyl (C=O) groups excluding carboxylic acids is 1. The van der Waals surface area contributed by atoms with E-state index in [1.807, 2.05) is 6.92 Å². The predicted molar refractivity (Wildman–Crippen MR) is 91.1 cm³/mol. The van der Waals surface area contributed by atoms with Gasteiger partial charge >= 0.3 is 6.18 Å². The summed E-state index contributed by atoms with van der Waals surface area (Å²) in [6.45, 7) is 2.43. The van der Waals surface area contributed by atoms with Gasteiger partial charge in [0.1, 0.15) is 5.82 Å². The second kappa shape index (κ2) is 7.16. The molecule has 0 spiro atoms. The topological polar surface area (TPSA) is 71.2 Å². The molecule has 0 saturated carbocycles. The van der Waals surface area contributed by atoms with Gasteiger partial charge in [-0.25, -0.2) is 14.1 Å². The predicted octanol–water partition coefficient (Wildman–Crippen LogP) is 2.67. The molecule has 1 aliphatic heterocycles. The van der Waals surface area contributed by atoms with E-state index in [4.69, 9.17) is 0 Å². The fourth-order valence-corrected chi connectivity index (χ4v) is 3.48. The number of aromatic nitrogens is 3. The monoisotopic (exact) mass is 400 g/mol. The van der Waals surface area contributed by atoms with Gasteiger partial charge in [0.25, 0.3) is 5.91 Å². The number of hydrogen-bond donors (Lipinski definition) is 1. The van der Waals surface area contributed by atoms with E-state index in [9.17, 15) is 27.5 Å². The lowest BCUT2D eigenvalue weighted by Gasteiger charge is -2.40. The van der Waals surface area contributed by atoms with Crippen molar-refractivity contribution in [3.63, 3.8) is 0 Å². The molecule has 0 aromatic carbocycles. The number of alkyl halides is 3. The zero-order valence-corrected chi connectivity index (χ0v) is 15.3. The Balaban J connectivity index is 1.78. The largest absolute Gasteiger partial charge is 0.426 e. The summed E-state index contributed by atoms with van der Waals surface area (Å²) in [6, 6.07) is 4.52. The molecule has 28 heavy (non-hydrogen) atoms. The van der Waals surface area contributed by atoms with Crippen molar-refractivity contribution in [2.75, 3.05) is 13.1 Å². The molecular weight excluding hydrogens is 380 g/mol. The molecule has 152 valence electrons. The summed E-state index contributed by atoms with van der Waals surface area (Å²) in [7, 11) is 0. The molecule has 6 nitrogen and oxygen atoms in total. The van der Waals surface area contributed by atoms with Crippen LogP contribution >= 0.6 is 0 Å².